The Balaban J connectivity index is 1.99. The molecule has 0 N–H and O–H groups in total. The number of aryl methyl sites for hydroxylation is 3. The summed E-state index contributed by atoms with van der Waals surface area (Å²) in [4.78, 5) is 0. The van der Waals surface area contributed by atoms with Crippen LogP contribution in [0.15, 0.2) is 54.7 Å². The lowest BCUT2D eigenvalue weighted by Gasteiger charge is -2.21. The second-order valence-corrected chi connectivity index (χ2v) is 6.70. The zero-order chi connectivity index (χ0) is 16.4. The third kappa shape index (κ3) is 1.68. The summed E-state index contributed by atoms with van der Waals surface area (Å²) >= 11 is 0. The summed E-state index contributed by atoms with van der Waals surface area (Å²) < 4.78 is 8.53. The van der Waals surface area contributed by atoms with Gasteiger partial charge in [-0.2, -0.15) is 0 Å². The van der Waals surface area contributed by atoms with Crippen molar-refractivity contribution in [1.29, 1.82) is 0 Å². The summed E-state index contributed by atoms with van der Waals surface area (Å²) in [5.74, 6) is 1.89. The van der Waals surface area contributed by atoms with Crippen molar-refractivity contribution in [2.75, 3.05) is 0 Å². The Bertz CT molecular complexity index is 1160. The molecule has 0 bridgehead atoms. The molecule has 1 aliphatic rings. The van der Waals surface area contributed by atoms with Crippen molar-refractivity contribution in [1.82, 2.24) is 0 Å². The predicted octanol–water partition coefficient (Wildman–Crippen LogP) is 5.21. The lowest BCUT2D eigenvalue weighted by Crippen LogP contribution is -2.31. The number of ether oxygens (including phenoxy) is 1. The minimum atomic E-state index is 0.942. The van der Waals surface area contributed by atoms with Gasteiger partial charge in [0.05, 0.1) is 10.9 Å². The molecular formula is C22H18NO+. The zero-order valence-corrected chi connectivity index (χ0v) is 14.1. The molecule has 0 amide bonds. The van der Waals surface area contributed by atoms with Crippen LogP contribution in [0.5, 0.6) is 11.5 Å². The molecule has 0 spiro atoms. The Kier molecular flexibility index (Phi) is 2.58. The first-order valence-corrected chi connectivity index (χ1v) is 8.27. The van der Waals surface area contributed by atoms with Crippen molar-refractivity contribution >= 4 is 21.5 Å². The predicted molar refractivity (Wildman–Crippen MR) is 97.6 cm³/mol. The van der Waals surface area contributed by atoms with E-state index in [-0.39, 0.29) is 0 Å². The fraction of sp³-hybridized carbons (Fsp3) is 0.136. The number of rotatable bonds is 0. The lowest BCUT2D eigenvalue weighted by molar-refractivity contribution is -0.659. The first-order valence-electron chi connectivity index (χ1n) is 8.27. The van der Waals surface area contributed by atoms with Gasteiger partial charge in [-0.15, -0.1) is 0 Å². The van der Waals surface area contributed by atoms with Gasteiger partial charge in [-0.05, 0) is 47.7 Å². The van der Waals surface area contributed by atoms with E-state index in [1.165, 1.54) is 43.9 Å². The van der Waals surface area contributed by atoms with Gasteiger partial charge in [-0.1, -0.05) is 35.9 Å². The summed E-state index contributed by atoms with van der Waals surface area (Å²) in [5.41, 5.74) is 4.99. The second-order valence-electron chi connectivity index (χ2n) is 6.70. The SMILES string of the molecule is Cc1ccc2c(C)c3c(cc2c1)Oc1cccc2cc[n+](C)c-3c12. The van der Waals surface area contributed by atoms with Gasteiger partial charge in [-0.3, -0.25) is 0 Å². The van der Waals surface area contributed by atoms with Gasteiger partial charge in [0.2, 0.25) is 5.69 Å². The Morgan fingerprint density at radius 3 is 2.62 bits per heavy atom. The Hall–Kier alpha value is -2.87. The van der Waals surface area contributed by atoms with E-state index >= 15 is 0 Å². The van der Waals surface area contributed by atoms with Crippen LogP contribution in [0.2, 0.25) is 0 Å². The molecule has 2 nitrogen and oxygen atoms in total. The molecule has 5 rings (SSSR count). The van der Waals surface area contributed by atoms with E-state index in [9.17, 15) is 0 Å². The summed E-state index contributed by atoms with van der Waals surface area (Å²) in [6, 6.07) is 17.2. The number of hydrogen-bond acceptors (Lipinski definition) is 1. The third-order valence-corrected chi connectivity index (χ3v) is 5.10. The van der Waals surface area contributed by atoms with E-state index in [0.717, 1.165) is 11.5 Å². The molecule has 0 fully saturated rings. The van der Waals surface area contributed by atoms with Gasteiger partial charge in [-0.25, -0.2) is 4.57 Å². The van der Waals surface area contributed by atoms with Crippen molar-refractivity contribution < 1.29 is 9.30 Å². The molecule has 3 aromatic carbocycles. The topological polar surface area (TPSA) is 13.1 Å². The van der Waals surface area contributed by atoms with Crippen molar-refractivity contribution in [3.63, 3.8) is 0 Å². The van der Waals surface area contributed by atoms with Crippen LogP contribution >= 0.6 is 0 Å². The second kappa shape index (κ2) is 4.57. The largest absolute Gasteiger partial charge is 0.456 e. The summed E-state index contributed by atoms with van der Waals surface area (Å²) in [5, 5.41) is 4.94. The zero-order valence-electron chi connectivity index (χ0n) is 14.1. The molecule has 0 unspecified atom stereocenters. The number of aromatic nitrogens is 1. The number of benzene rings is 3. The summed E-state index contributed by atoms with van der Waals surface area (Å²) in [6.07, 6.45) is 2.13. The van der Waals surface area contributed by atoms with Crippen LogP contribution in [0.3, 0.4) is 0 Å². The Labute approximate surface area is 140 Å². The van der Waals surface area contributed by atoms with Gasteiger partial charge in [0, 0.05) is 6.07 Å². The Morgan fingerprint density at radius 1 is 0.875 bits per heavy atom. The van der Waals surface area contributed by atoms with Crippen molar-refractivity contribution in [2.45, 2.75) is 13.8 Å². The molecule has 0 saturated heterocycles. The molecule has 0 aliphatic carbocycles. The number of fused-ring (bicyclic) bond motifs is 3. The summed E-state index contributed by atoms with van der Waals surface area (Å²) in [6.45, 7) is 4.33. The van der Waals surface area contributed by atoms with Gasteiger partial charge >= 0.3 is 0 Å². The van der Waals surface area contributed by atoms with Crippen LogP contribution in [0, 0.1) is 13.8 Å². The quantitative estimate of drug-likeness (QED) is 0.358. The molecule has 24 heavy (non-hydrogen) atoms. The lowest BCUT2D eigenvalue weighted by atomic mass is 9.91. The number of nitrogens with zero attached hydrogens (tertiary/aromatic N) is 1. The summed E-state index contributed by atoms with van der Waals surface area (Å²) in [7, 11) is 2.11. The van der Waals surface area contributed by atoms with Crippen LogP contribution in [0.25, 0.3) is 32.8 Å². The van der Waals surface area contributed by atoms with Crippen molar-refractivity contribution in [2.24, 2.45) is 7.05 Å². The van der Waals surface area contributed by atoms with Gasteiger partial charge in [0.15, 0.2) is 6.20 Å². The smallest absolute Gasteiger partial charge is 0.228 e. The molecule has 1 aliphatic heterocycles. The molecule has 0 saturated carbocycles. The van der Waals surface area contributed by atoms with E-state index in [1.807, 2.05) is 0 Å². The van der Waals surface area contributed by atoms with Gasteiger partial charge < -0.3 is 4.74 Å². The molecule has 4 aromatic rings. The van der Waals surface area contributed by atoms with Crippen LogP contribution in [0.4, 0.5) is 0 Å². The van der Waals surface area contributed by atoms with E-state index in [1.54, 1.807) is 0 Å². The van der Waals surface area contributed by atoms with Crippen LogP contribution in [0.1, 0.15) is 11.1 Å². The highest BCUT2D eigenvalue weighted by molar-refractivity contribution is 6.05. The average Bonchev–Trinajstić information content (AvgIpc) is 2.57. The number of hydrogen-bond donors (Lipinski definition) is 0. The molecule has 2 heteroatoms. The third-order valence-electron chi connectivity index (χ3n) is 5.10. The normalized spacial score (nSPS) is 12.3. The fourth-order valence-electron chi connectivity index (χ4n) is 3.94. The standard InChI is InChI=1S/C22H18NO/c1-13-7-8-17-14(2)20-19(12-16(17)11-13)24-18-6-4-5-15-9-10-23(3)22(20)21(15)18/h4-12H,1-3H3/q+1. The van der Waals surface area contributed by atoms with E-state index < -0.39 is 0 Å². The highest BCUT2D eigenvalue weighted by Gasteiger charge is 2.29. The molecule has 116 valence electrons. The highest BCUT2D eigenvalue weighted by Crippen LogP contribution is 2.47. The number of pyridine rings is 1. The minimum absolute atomic E-state index is 0.942. The maximum absolute atomic E-state index is 6.32. The van der Waals surface area contributed by atoms with Crippen molar-refractivity contribution in [3.05, 3.63) is 65.9 Å². The maximum Gasteiger partial charge on any atom is 0.228 e. The molecule has 0 radical (unpaired) electrons. The molecule has 2 heterocycles. The van der Waals surface area contributed by atoms with Crippen molar-refractivity contribution in [3.8, 4) is 22.8 Å². The van der Waals surface area contributed by atoms with Gasteiger partial charge in [0.1, 0.15) is 18.5 Å². The highest BCUT2D eigenvalue weighted by atomic mass is 16.5. The molecule has 1 aromatic heterocycles. The van der Waals surface area contributed by atoms with E-state index in [4.69, 9.17) is 4.74 Å². The molecule has 0 atom stereocenters. The maximum atomic E-state index is 6.32. The minimum Gasteiger partial charge on any atom is -0.456 e. The van der Waals surface area contributed by atoms with E-state index in [0.29, 0.717) is 0 Å². The van der Waals surface area contributed by atoms with Crippen LogP contribution < -0.4 is 9.30 Å². The van der Waals surface area contributed by atoms with E-state index in [2.05, 4.69) is 80.2 Å². The first-order chi connectivity index (χ1) is 11.6. The first kappa shape index (κ1) is 13.6. The average molecular weight is 312 g/mol. The fourth-order valence-corrected chi connectivity index (χ4v) is 3.94. The Morgan fingerprint density at radius 2 is 1.75 bits per heavy atom. The van der Waals surface area contributed by atoms with Gasteiger partial charge in [0.25, 0.3) is 0 Å². The van der Waals surface area contributed by atoms with Crippen LogP contribution in [-0.4, -0.2) is 0 Å². The monoisotopic (exact) mass is 312 g/mol. The molecular weight excluding hydrogens is 294 g/mol. The van der Waals surface area contributed by atoms with Crippen LogP contribution in [-0.2, 0) is 7.05 Å².